The van der Waals surface area contributed by atoms with E-state index in [1.165, 1.54) is 32.4 Å². The summed E-state index contributed by atoms with van der Waals surface area (Å²) in [5.41, 5.74) is 0. The number of amides is 1. The fourth-order valence-corrected chi connectivity index (χ4v) is 2.87. The summed E-state index contributed by atoms with van der Waals surface area (Å²) < 4.78 is 5.55. The molecule has 1 amide bonds. The maximum Gasteiger partial charge on any atom is 0.222 e. The Morgan fingerprint density at radius 2 is 2.21 bits per heavy atom. The molecular weight excluding hydrogens is 242 g/mol. The van der Waals surface area contributed by atoms with Crippen LogP contribution in [0.1, 0.15) is 32.6 Å². The van der Waals surface area contributed by atoms with E-state index in [1.54, 1.807) is 0 Å². The Morgan fingerprint density at radius 3 is 2.89 bits per heavy atom. The van der Waals surface area contributed by atoms with Crippen molar-refractivity contribution in [1.82, 2.24) is 15.5 Å². The summed E-state index contributed by atoms with van der Waals surface area (Å²) in [6.07, 6.45) is 4.45. The van der Waals surface area contributed by atoms with Gasteiger partial charge in [-0.15, -0.1) is 0 Å². The first-order valence-electron chi connectivity index (χ1n) is 7.58. The van der Waals surface area contributed by atoms with Crippen LogP contribution < -0.4 is 10.6 Å². The minimum Gasteiger partial charge on any atom is -0.375 e. The fourth-order valence-electron chi connectivity index (χ4n) is 2.87. The normalized spacial score (nSPS) is 26.9. The van der Waals surface area contributed by atoms with Crippen LogP contribution in [0.5, 0.6) is 0 Å². The molecule has 2 fully saturated rings. The number of rotatable bonds is 5. The average molecular weight is 269 g/mol. The van der Waals surface area contributed by atoms with Gasteiger partial charge in [-0.25, -0.2) is 0 Å². The van der Waals surface area contributed by atoms with Crippen molar-refractivity contribution >= 4 is 5.91 Å². The van der Waals surface area contributed by atoms with E-state index in [0.717, 1.165) is 19.6 Å². The minimum atomic E-state index is 0.0379. The minimum absolute atomic E-state index is 0.0379. The van der Waals surface area contributed by atoms with E-state index in [-0.39, 0.29) is 18.1 Å². The van der Waals surface area contributed by atoms with Crippen molar-refractivity contribution < 1.29 is 9.53 Å². The monoisotopic (exact) mass is 269 g/mol. The zero-order valence-corrected chi connectivity index (χ0v) is 12.0. The van der Waals surface area contributed by atoms with Crippen molar-refractivity contribution in [3.63, 3.8) is 0 Å². The molecule has 0 bridgehead atoms. The molecule has 5 heteroatoms. The second-order valence-corrected chi connectivity index (χ2v) is 5.73. The molecule has 2 unspecified atom stereocenters. The van der Waals surface area contributed by atoms with E-state index in [0.29, 0.717) is 13.0 Å². The highest BCUT2D eigenvalue weighted by Crippen LogP contribution is 2.09. The number of morpholine rings is 1. The zero-order chi connectivity index (χ0) is 13.5. The number of ether oxygens (including phenoxy) is 1. The summed E-state index contributed by atoms with van der Waals surface area (Å²) in [5, 5.41) is 6.33. The molecule has 0 aliphatic carbocycles. The van der Waals surface area contributed by atoms with Gasteiger partial charge in [0.05, 0.1) is 19.1 Å². The van der Waals surface area contributed by atoms with Gasteiger partial charge in [0, 0.05) is 25.7 Å². The van der Waals surface area contributed by atoms with Crippen molar-refractivity contribution in [3.8, 4) is 0 Å². The molecule has 2 atom stereocenters. The van der Waals surface area contributed by atoms with E-state index in [1.807, 2.05) is 0 Å². The third-order valence-electron chi connectivity index (χ3n) is 3.81. The maximum atomic E-state index is 11.9. The molecule has 2 heterocycles. The molecule has 0 aromatic heterocycles. The van der Waals surface area contributed by atoms with Crippen LogP contribution in [0.3, 0.4) is 0 Å². The molecule has 0 aromatic rings. The number of hydrogen-bond acceptors (Lipinski definition) is 4. The first kappa shape index (κ1) is 14.8. The van der Waals surface area contributed by atoms with Gasteiger partial charge in [-0.3, -0.25) is 4.79 Å². The van der Waals surface area contributed by atoms with Crippen LogP contribution in [0, 0.1) is 0 Å². The molecule has 5 nitrogen and oxygen atoms in total. The van der Waals surface area contributed by atoms with Crippen LogP contribution in [0.2, 0.25) is 0 Å². The Labute approximate surface area is 116 Å². The molecular formula is C14H27N3O2. The number of likely N-dealkylation sites (tertiary alicyclic amines) is 1. The summed E-state index contributed by atoms with van der Waals surface area (Å²) in [7, 11) is 0. The first-order chi connectivity index (χ1) is 9.24. The van der Waals surface area contributed by atoms with Gasteiger partial charge < -0.3 is 20.3 Å². The average Bonchev–Trinajstić information content (AvgIpc) is 2.40. The third-order valence-corrected chi connectivity index (χ3v) is 3.81. The Morgan fingerprint density at radius 1 is 1.42 bits per heavy atom. The van der Waals surface area contributed by atoms with Gasteiger partial charge in [0.25, 0.3) is 0 Å². The summed E-state index contributed by atoms with van der Waals surface area (Å²) in [6.45, 7) is 7.80. The summed E-state index contributed by atoms with van der Waals surface area (Å²) in [4.78, 5) is 14.4. The molecule has 0 radical (unpaired) electrons. The number of carbonyl (C=O) groups excluding carboxylic acids is 1. The van der Waals surface area contributed by atoms with E-state index >= 15 is 0 Å². The number of nitrogens with zero attached hydrogens (tertiary/aromatic N) is 1. The van der Waals surface area contributed by atoms with E-state index in [2.05, 4.69) is 22.5 Å². The Hall–Kier alpha value is -0.650. The third kappa shape index (κ3) is 5.47. The molecule has 2 N–H and O–H groups in total. The number of piperidine rings is 1. The lowest BCUT2D eigenvalue weighted by molar-refractivity contribution is -0.125. The molecule has 0 spiro atoms. The van der Waals surface area contributed by atoms with Gasteiger partial charge in [-0.05, 0) is 32.9 Å². The highest BCUT2D eigenvalue weighted by atomic mass is 16.5. The Balaban J connectivity index is 1.63. The van der Waals surface area contributed by atoms with Gasteiger partial charge in [0.2, 0.25) is 5.91 Å². The summed E-state index contributed by atoms with van der Waals surface area (Å²) >= 11 is 0. The second-order valence-electron chi connectivity index (χ2n) is 5.73. The lowest BCUT2D eigenvalue weighted by Crippen LogP contribution is -2.46. The molecule has 0 saturated carbocycles. The van der Waals surface area contributed by atoms with Gasteiger partial charge in [-0.1, -0.05) is 6.42 Å². The van der Waals surface area contributed by atoms with E-state index in [9.17, 15) is 4.79 Å². The van der Waals surface area contributed by atoms with Crippen molar-refractivity contribution in [2.75, 3.05) is 39.3 Å². The van der Waals surface area contributed by atoms with Gasteiger partial charge >= 0.3 is 0 Å². The highest BCUT2D eigenvalue weighted by Gasteiger charge is 2.19. The van der Waals surface area contributed by atoms with Crippen molar-refractivity contribution in [3.05, 3.63) is 0 Å². The lowest BCUT2D eigenvalue weighted by atomic mass is 10.1. The topological polar surface area (TPSA) is 53.6 Å². The molecule has 2 rings (SSSR count). The van der Waals surface area contributed by atoms with E-state index in [4.69, 9.17) is 4.74 Å². The largest absolute Gasteiger partial charge is 0.375 e. The summed E-state index contributed by atoms with van der Waals surface area (Å²) in [6, 6.07) is 0.224. The highest BCUT2D eigenvalue weighted by molar-refractivity contribution is 5.76. The molecule has 19 heavy (non-hydrogen) atoms. The van der Waals surface area contributed by atoms with Gasteiger partial charge in [0.15, 0.2) is 0 Å². The molecule has 2 saturated heterocycles. The van der Waals surface area contributed by atoms with Gasteiger partial charge in [0.1, 0.15) is 0 Å². The van der Waals surface area contributed by atoms with Crippen LogP contribution in [0.15, 0.2) is 0 Å². The van der Waals surface area contributed by atoms with Crippen LogP contribution in [-0.2, 0) is 9.53 Å². The van der Waals surface area contributed by atoms with E-state index < -0.39 is 0 Å². The predicted octanol–water partition coefficient (Wildman–Crippen LogP) is 0.356. The number of hydrogen-bond donors (Lipinski definition) is 2. The molecule has 2 aliphatic rings. The fraction of sp³-hybridized carbons (Fsp3) is 0.929. The predicted molar refractivity (Wildman–Crippen MR) is 75.1 cm³/mol. The molecule has 0 aromatic carbocycles. The number of nitrogens with one attached hydrogen (secondary N) is 2. The molecule has 110 valence electrons. The Bertz CT molecular complexity index is 274. The standard InChI is InChI=1S/C14H27N3O2/c1-12(11-17-6-3-2-4-7-17)16-14(18)9-13-10-15-5-8-19-13/h12-13,15H,2-11H2,1H3,(H,16,18). The smallest absolute Gasteiger partial charge is 0.222 e. The maximum absolute atomic E-state index is 11.9. The van der Waals surface area contributed by atoms with Gasteiger partial charge in [-0.2, -0.15) is 0 Å². The zero-order valence-electron chi connectivity index (χ0n) is 12.0. The van der Waals surface area contributed by atoms with Crippen molar-refractivity contribution in [1.29, 1.82) is 0 Å². The number of carbonyl (C=O) groups is 1. The van der Waals surface area contributed by atoms with Crippen molar-refractivity contribution in [2.24, 2.45) is 0 Å². The van der Waals surface area contributed by atoms with Crippen LogP contribution in [-0.4, -0.2) is 62.3 Å². The van der Waals surface area contributed by atoms with Crippen LogP contribution >= 0.6 is 0 Å². The summed E-state index contributed by atoms with van der Waals surface area (Å²) in [5.74, 6) is 0.109. The van der Waals surface area contributed by atoms with Crippen LogP contribution in [0.4, 0.5) is 0 Å². The van der Waals surface area contributed by atoms with Crippen LogP contribution in [0.25, 0.3) is 0 Å². The van der Waals surface area contributed by atoms with Crippen molar-refractivity contribution in [2.45, 2.75) is 44.8 Å². The quantitative estimate of drug-likeness (QED) is 0.756. The lowest BCUT2D eigenvalue weighted by Gasteiger charge is -2.30. The first-order valence-corrected chi connectivity index (χ1v) is 7.58. The molecule has 2 aliphatic heterocycles. The second kappa shape index (κ2) is 7.82. The Kier molecular flexibility index (Phi) is 6.07. The SMILES string of the molecule is CC(CN1CCCCC1)NC(=O)CC1CNCCO1.